The molecule has 0 aliphatic rings. The highest BCUT2D eigenvalue weighted by Gasteiger charge is 2.13. The Hall–Kier alpha value is -2.30. The van der Waals surface area contributed by atoms with E-state index in [0.29, 0.717) is 11.3 Å². The van der Waals surface area contributed by atoms with Crippen LogP contribution in [-0.4, -0.2) is 16.1 Å². The molecular formula is C13H16N4O. The quantitative estimate of drug-likeness (QED) is 0.708. The molecule has 0 aliphatic heterocycles. The molecule has 5 heteroatoms. The third kappa shape index (κ3) is 2.20. The van der Waals surface area contributed by atoms with Crippen molar-refractivity contribution < 1.29 is 4.79 Å². The second-order valence-corrected chi connectivity index (χ2v) is 4.34. The van der Waals surface area contributed by atoms with Gasteiger partial charge in [0.1, 0.15) is 0 Å². The first kappa shape index (κ1) is 12.2. The zero-order valence-corrected chi connectivity index (χ0v) is 10.7. The van der Waals surface area contributed by atoms with Gasteiger partial charge in [-0.3, -0.25) is 9.89 Å². The molecule has 4 N–H and O–H groups in total. The first-order chi connectivity index (χ1) is 8.49. The first-order valence-corrected chi connectivity index (χ1v) is 5.68. The number of nitrogen functional groups attached to an aromatic ring is 1. The number of nitrogens with zero attached hydrogens (tertiary/aromatic N) is 1. The van der Waals surface area contributed by atoms with Gasteiger partial charge in [0.2, 0.25) is 0 Å². The molecule has 0 saturated heterocycles. The summed E-state index contributed by atoms with van der Waals surface area (Å²) in [5.74, 6) is -0.174. The van der Waals surface area contributed by atoms with Gasteiger partial charge in [-0.2, -0.15) is 5.10 Å². The SMILES string of the molecule is Cc1ccc(N)cc1C(=O)Nc1c(C)n[nH]c1C. The van der Waals surface area contributed by atoms with E-state index in [9.17, 15) is 4.79 Å². The fourth-order valence-electron chi connectivity index (χ4n) is 1.80. The van der Waals surface area contributed by atoms with E-state index < -0.39 is 0 Å². The Morgan fingerprint density at radius 1 is 1.33 bits per heavy atom. The minimum Gasteiger partial charge on any atom is -0.399 e. The van der Waals surface area contributed by atoms with Crippen LogP contribution in [0.1, 0.15) is 27.3 Å². The maximum Gasteiger partial charge on any atom is 0.256 e. The molecule has 2 aromatic rings. The first-order valence-electron chi connectivity index (χ1n) is 5.68. The van der Waals surface area contributed by atoms with Gasteiger partial charge in [0, 0.05) is 11.3 Å². The Balaban J connectivity index is 2.30. The molecule has 1 aromatic carbocycles. The summed E-state index contributed by atoms with van der Waals surface area (Å²) in [6, 6.07) is 5.29. The molecule has 0 spiro atoms. The number of nitrogens with one attached hydrogen (secondary N) is 2. The summed E-state index contributed by atoms with van der Waals surface area (Å²) in [7, 11) is 0. The fraction of sp³-hybridized carbons (Fsp3) is 0.231. The molecule has 18 heavy (non-hydrogen) atoms. The van der Waals surface area contributed by atoms with Crippen molar-refractivity contribution in [1.29, 1.82) is 0 Å². The van der Waals surface area contributed by atoms with Gasteiger partial charge < -0.3 is 11.1 Å². The molecule has 94 valence electrons. The van der Waals surface area contributed by atoms with Crippen LogP contribution >= 0.6 is 0 Å². The van der Waals surface area contributed by atoms with E-state index in [2.05, 4.69) is 15.5 Å². The lowest BCUT2D eigenvalue weighted by molar-refractivity contribution is 0.102. The molecule has 2 rings (SSSR count). The van der Waals surface area contributed by atoms with Gasteiger partial charge in [-0.25, -0.2) is 0 Å². The number of anilines is 2. The van der Waals surface area contributed by atoms with E-state index in [1.165, 1.54) is 0 Å². The highest BCUT2D eigenvalue weighted by molar-refractivity contribution is 6.06. The number of hydrogen-bond donors (Lipinski definition) is 3. The van der Waals surface area contributed by atoms with Crippen molar-refractivity contribution in [3.63, 3.8) is 0 Å². The van der Waals surface area contributed by atoms with Crippen LogP contribution in [0.3, 0.4) is 0 Å². The lowest BCUT2D eigenvalue weighted by Gasteiger charge is -2.08. The summed E-state index contributed by atoms with van der Waals surface area (Å²) in [4.78, 5) is 12.2. The highest BCUT2D eigenvalue weighted by Crippen LogP contribution is 2.19. The minimum absolute atomic E-state index is 0.174. The van der Waals surface area contributed by atoms with Gasteiger partial charge in [0.15, 0.2) is 0 Å². The summed E-state index contributed by atoms with van der Waals surface area (Å²) >= 11 is 0. The molecule has 5 nitrogen and oxygen atoms in total. The van der Waals surface area contributed by atoms with Crippen molar-refractivity contribution in [3.05, 3.63) is 40.7 Å². The van der Waals surface area contributed by atoms with Crippen LogP contribution in [-0.2, 0) is 0 Å². The van der Waals surface area contributed by atoms with Crippen LogP contribution in [0.4, 0.5) is 11.4 Å². The van der Waals surface area contributed by atoms with E-state index in [1.807, 2.05) is 26.8 Å². The number of hydrogen-bond acceptors (Lipinski definition) is 3. The van der Waals surface area contributed by atoms with Gasteiger partial charge in [0.05, 0.1) is 17.1 Å². The number of amides is 1. The van der Waals surface area contributed by atoms with Crippen LogP contribution < -0.4 is 11.1 Å². The Bertz CT molecular complexity index is 582. The third-order valence-electron chi connectivity index (χ3n) is 2.87. The number of nitrogens with two attached hydrogens (primary N) is 1. The summed E-state index contributed by atoms with van der Waals surface area (Å²) in [6.07, 6.45) is 0. The fourth-order valence-corrected chi connectivity index (χ4v) is 1.80. The molecule has 0 unspecified atom stereocenters. The monoisotopic (exact) mass is 244 g/mol. The van der Waals surface area contributed by atoms with Gasteiger partial charge in [-0.05, 0) is 38.5 Å². The predicted octanol–water partition coefficient (Wildman–Crippen LogP) is 2.17. The number of carbonyl (C=O) groups is 1. The highest BCUT2D eigenvalue weighted by atomic mass is 16.1. The van der Waals surface area contributed by atoms with Crippen LogP contribution in [0.15, 0.2) is 18.2 Å². The van der Waals surface area contributed by atoms with E-state index >= 15 is 0 Å². The lowest BCUT2D eigenvalue weighted by atomic mass is 10.1. The maximum atomic E-state index is 12.2. The van der Waals surface area contributed by atoms with Crippen molar-refractivity contribution in [2.75, 3.05) is 11.1 Å². The van der Waals surface area contributed by atoms with Crippen molar-refractivity contribution in [1.82, 2.24) is 10.2 Å². The topological polar surface area (TPSA) is 83.8 Å². The second-order valence-electron chi connectivity index (χ2n) is 4.34. The zero-order chi connectivity index (χ0) is 13.3. The van der Waals surface area contributed by atoms with Gasteiger partial charge >= 0.3 is 0 Å². The molecule has 1 aromatic heterocycles. The van der Waals surface area contributed by atoms with Crippen LogP contribution in [0.5, 0.6) is 0 Å². The van der Waals surface area contributed by atoms with Crippen LogP contribution in [0.25, 0.3) is 0 Å². The molecule has 0 atom stereocenters. The smallest absolute Gasteiger partial charge is 0.256 e. The molecule has 0 saturated carbocycles. The predicted molar refractivity (Wildman–Crippen MR) is 71.6 cm³/mol. The Morgan fingerprint density at radius 3 is 2.67 bits per heavy atom. The summed E-state index contributed by atoms with van der Waals surface area (Å²) in [6.45, 7) is 5.58. The second kappa shape index (κ2) is 4.52. The van der Waals surface area contributed by atoms with E-state index in [1.54, 1.807) is 12.1 Å². The summed E-state index contributed by atoms with van der Waals surface area (Å²) in [5, 5.41) is 9.72. The van der Waals surface area contributed by atoms with E-state index in [4.69, 9.17) is 5.73 Å². The number of aromatic amines is 1. The third-order valence-corrected chi connectivity index (χ3v) is 2.87. The summed E-state index contributed by atoms with van der Waals surface area (Å²) in [5.41, 5.74) is 10.1. The van der Waals surface area contributed by atoms with Gasteiger partial charge in [0.25, 0.3) is 5.91 Å². The number of aromatic nitrogens is 2. The summed E-state index contributed by atoms with van der Waals surface area (Å²) < 4.78 is 0. The normalized spacial score (nSPS) is 10.4. The molecule has 0 fully saturated rings. The van der Waals surface area contributed by atoms with Crippen molar-refractivity contribution in [2.24, 2.45) is 0 Å². The number of H-pyrrole nitrogens is 1. The van der Waals surface area contributed by atoms with Crippen molar-refractivity contribution in [2.45, 2.75) is 20.8 Å². The Kier molecular flexibility index (Phi) is 3.06. The van der Waals surface area contributed by atoms with Crippen LogP contribution in [0, 0.1) is 20.8 Å². The van der Waals surface area contributed by atoms with Crippen molar-refractivity contribution >= 4 is 17.3 Å². The number of rotatable bonds is 2. The lowest BCUT2D eigenvalue weighted by Crippen LogP contribution is -2.14. The molecule has 1 amide bonds. The molecule has 0 radical (unpaired) electrons. The average molecular weight is 244 g/mol. The number of aryl methyl sites for hydroxylation is 3. The van der Waals surface area contributed by atoms with E-state index in [0.717, 1.165) is 22.6 Å². The zero-order valence-electron chi connectivity index (χ0n) is 10.7. The Morgan fingerprint density at radius 2 is 2.06 bits per heavy atom. The average Bonchev–Trinajstić information content (AvgIpc) is 2.64. The largest absolute Gasteiger partial charge is 0.399 e. The number of carbonyl (C=O) groups excluding carboxylic acids is 1. The minimum atomic E-state index is -0.174. The molecular weight excluding hydrogens is 228 g/mol. The standard InChI is InChI=1S/C13H16N4O/c1-7-4-5-10(14)6-11(7)13(18)15-12-8(2)16-17-9(12)3/h4-6H,14H2,1-3H3,(H,15,18)(H,16,17). The molecule has 1 heterocycles. The van der Waals surface area contributed by atoms with Crippen molar-refractivity contribution in [3.8, 4) is 0 Å². The Labute approximate surface area is 105 Å². The van der Waals surface area contributed by atoms with Crippen LogP contribution in [0.2, 0.25) is 0 Å². The van der Waals surface area contributed by atoms with E-state index in [-0.39, 0.29) is 5.91 Å². The van der Waals surface area contributed by atoms with Gasteiger partial charge in [-0.1, -0.05) is 6.07 Å². The number of benzene rings is 1. The maximum absolute atomic E-state index is 12.2. The molecule has 0 bridgehead atoms. The van der Waals surface area contributed by atoms with Gasteiger partial charge in [-0.15, -0.1) is 0 Å². The molecule has 0 aliphatic carbocycles.